The van der Waals surface area contributed by atoms with Gasteiger partial charge in [0.25, 0.3) is 0 Å². The summed E-state index contributed by atoms with van der Waals surface area (Å²) in [5, 5.41) is 6.05. The highest BCUT2D eigenvalue weighted by molar-refractivity contribution is 5.80. The second kappa shape index (κ2) is 10.5. The standard InChI is InChI=1S/C22H35N3O2/c1-15(2)19-10-9-16(3)11-20(19)22(27)24-14-18(25-21(26)13-23)12-17-7-5-4-6-8-17/h4-8,15-16,18-20H,9-14,23H2,1-3H3,(H,24,27)(H,25,26)/t16-,18?,19+,20-/m1/s1. The van der Waals surface area contributed by atoms with Crippen molar-refractivity contribution >= 4 is 11.8 Å². The molecule has 0 saturated heterocycles. The van der Waals surface area contributed by atoms with E-state index in [0.717, 1.165) is 18.4 Å². The van der Waals surface area contributed by atoms with Gasteiger partial charge in [-0.2, -0.15) is 0 Å². The minimum Gasteiger partial charge on any atom is -0.354 e. The van der Waals surface area contributed by atoms with E-state index in [-0.39, 0.29) is 30.3 Å². The van der Waals surface area contributed by atoms with Gasteiger partial charge < -0.3 is 16.4 Å². The van der Waals surface area contributed by atoms with Crippen molar-refractivity contribution in [3.05, 3.63) is 35.9 Å². The van der Waals surface area contributed by atoms with Crippen molar-refractivity contribution in [3.8, 4) is 0 Å². The lowest BCUT2D eigenvalue weighted by atomic mass is 9.70. The molecule has 0 aliphatic heterocycles. The number of rotatable bonds is 8. The second-order valence-corrected chi connectivity index (χ2v) is 8.34. The third-order valence-electron chi connectivity index (χ3n) is 5.76. The van der Waals surface area contributed by atoms with Crippen LogP contribution in [-0.2, 0) is 16.0 Å². The fourth-order valence-corrected chi connectivity index (χ4v) is 4.22. The molecule has 1 aliphatic rings. The maximum Gasteiger partial charge on any atom is 0.234 e. The van der Waals surface area contributed by atoms with Gasteiger partial charge in [0.15, 0.2) is 0 Å². The van der Waals surface area contributed by atoms with E-state index >= 15 is 0 Å². The van der Waals surface area contributed by atoms with Crippen molar-refractivity contribution in [3.63, 3.8) is 0 Å². The first-order valence-electron chi connectivity index (χ1n) is 10.2. The lowest BCUT2D eigenvalue weighted by molar-refractivity contribution is -0.129. The molecule has 2 rings (SSSR count). The zero-order chi connectivity index (χ0) is 19.8. The molecule has 1 fully saturated rings. The second-order valence-electron chi connectivity index (χ2n) is 8.34. The Balaban J connectivity index is 1.99. The van der Waals surface area contributed by atoms with Crippen LogP contribution >= 0.6 is 0 Å². The normalized spacial score (nSPS) is 23.7. The number of nitrogens with two attached hydrogens (primary N) is 1. The Labute approximate surface area is 163 Å². The van der Waals surface area contributed by atoms with E-state index in [4.69, 9.17) is 5.73 Å². The first-order valence-corrected chi connectivity index (χ1v) is 10.2. The van der Waals surface area contributed by atoms with Gasteiger partial charge in [0, 0.05) is 12.5 Å². The van der Waals surface area contributed by atoms with Crippen LogP contribution in [0.15, 0.2) is 30.3 Å². The van der Waals surface area contributed by atoms with E-state index < -0.39 is 0 Å². The van der Waals surface area contributed by atoms with E-state index in [1.54, 1.807) is 0 Å². The van der Waals surface area contributed by atoms with E-state index in [2.05, 4.69) is 31.4 Å². The summed E-state index contributed by atoms with van der Waals surface area (Å²) in [7, 11) is 0. The number of hydrogen-bond acceptors (Lipinski definition) is 3. The van der Waals surface area contributed by atoms with Gasteiger partial charge in [0.1, 0.15) is 0 Å². The molecule has 2 amide bonds. The molecule has 4 N–H and O–H groups in total. The highest BCUT2D eigenvalue weighted by atomic mass is 16.2. The minimum atomic E-state index is -0.198. The van der Waals surface area contributed by atoms with Gasteiger partial charge in [-0.1, -0.05) is 57.5 Å². The zero-order valence-corrected chi connectivity index (χ0v) is 16.9. The molecule has 150 valence electrons. The Morgan fingerprint density at radius 3 is 2.52 bits per heavy atom. The van der Waals surface area contributed by atoms with Crippen LogP contribution in [0.1, 0.15) is 45.6 Å². The molecule has 0 spiro atoms. The Hall–Kier alpha value is -1.88. The van der Waals surface area contributed by atoms with Gasteiger partial charge in [0.05, 0.1) is 12.6 Å². The number of benzene rings is 1. The molecule has 0 heterocycles. The van der Waals surface area contributed by atoms with Crippen LogP contribution in [0.3, 0.4) is 0 Å². The van der Waals surface area contributed by atoms with Crippen LogP contribution in [0, 0.1) is 23.7 Å². The summed E-state index contributed by atoms with van der Waals surface area (Å²) in [6, 6.07) is 9.82. The van der Waals surface area contributed by atoms with Crippen LogP contribution in [0.2, 0.25) is 0 Å². The molecule has 0 aromatic heterocycles. The topological polar surface area (TPSA) is 84.2 Å². The molecule has 5 heteroatoms. The third-order valence-corrected chi connectivity index (χ3v) is 5.76. The predicted octanol–water partition coefficient (Wildman–Crippen LogP) is 2.50. The summed E-state index contributed by atoms with van der Waals surface area (Å²) in [5.41, 5.74) is 6.58. The van der Waals surface area contributed by atoms with Crippen molar-refractivity contribution in [2.24, 2.45) is 29.4 Å². The molecule has 0 bridgehead atoms. The van der Waals surface area contributed by atoms with Gasteiger partial charge in [-0.15, -0.1) is 0 Å². The number of amides is 2. The molecule has 27 heavy (non-hydrogen) atoms. The monoisotopic (exact) mass is 373 g/mol. The molecule has 0 radical (unpaired) electrons. The summed E-state index contributed by atoms with van der Waals surface area (Å²) in [5.74, 6) is 1.53. The van der Waals surface area contributed by atoms with E-state index in [1.165, 1.54) is 6.42 Å². The molecule has 5 nitrogen and oxygen atoms in total. The van der Waals surface area contributed by atoms with E-state index in [9.17, 15) is 9.59 Å². The lowest BCUT2D eigenvalue weighted by Gasteiger charge is -2.36. The number of nitrogens with one attached hydrogen (secondary N) is 2. The fraction of sp³-hybridized carbons (Fsp3) is 0.636. The van der Waals surface area contributed by atoms with Crippen molar-refractivity contribution < 1.29 is 9.59 Å². The quantitative estimate of drug-likeness (QED) is 0.654. The number of carbonyl (C=O) groups excluding carboxylic acids is 2. The first-order chi connectivity index (χ1) is 12.9. The molecule has 1 aromatic carbocycles. The van der Waals surface area contributed by atoms with Gasteiger partial charge in [-0.05, 0) is 42.6 Å². The fourth-order valence-electron chi connectivity index (χ4n) is 4.22. The molecule has 1 saturated carbocycles. The average Bonchev–Trinajstić information content (AvgIpc) is 2.66. The van der Waals surface area contributed by atoms with Crippen LogP contribution < -0.4 is 16.4 Å². The van der Waals surface area contributed by atoms with Crippen molar-refractivity contribution in [1.29, 1.82) is 0 Å². The van der Waals surface area contributed by atoms with E-state index in [0.29, 0.717) is 30.7 Å². The van der Waals surface area contributed by atoms with Gasteiger partial charge in [-0.3, -0.25) is 9.59 Å². The Morgan fingerprint density at radius 1 is 1.19 bits per heavy atom. The van der Waals surface area contributed by atoms with E-state index in [1.807, 2.05) is 30.3 Å². The SMILES string of the molecule is CC(C)[C@@H]1CC[C@@H](C)C[C@H]1C(=O)NCC(Cc1ccccc1)NC(=O)CN. The first kappa shape index (κ1) is 21.4. The highest BCUT2D eigenvalue weighted by Gasteiger charge is 2.35. The third kappa shape index (κ3) is 6.65. The van der Waals surface area contributed by atoms with Crippen LogP contribution in [0.5, 0.6) is 0 Å². The summed E-state index contributed by atoms with van der Waals surface area (Å²) < 4.78 is 0. The zero-order valence-electron chi connectivity index (χ0n) is 16.9. The summed E-state index contributed by atoms with van der Waals surface area (Å²) in [6.07, 6.45) is 3.94. The average molecular weight is 374 g/mol. The molecular weight excluding hydrogens is 338 g/mol. The van der Waals surface area contributed by atoms with Crippen molar-refractivity contribution in [2.45, 2.75) is 52.5 Å². The molecule has 1 unspecified atom stereocenters. The maximum absolute atomic E-state index is 12.9. The van der Waals surface area contributed by atoms with Gasteiger partial charge in [0.2, 0.25) is 11.8 Å². The maximum atomic E-state index is 12.9. The molecular formula is C22H35N3O2. The summed E-state index contributed by atoms with van der Waals surface area (Å²) in [6.45, 7) is 7.03. The minimum absolute atomic E-state index is 0.0468. The van der Waals surface area contributed by atoms with Gasteiger partial charge in [-0.25, -0.2) is 0 Å². The lowest BCUT2D eigenvalue weighted by Crippen LogP contribution is -2.49. The Bertz CT molecular complexity index is 603. The highest BCUT2D eigenvalue weighted by Crippen LogP contribution is 2.38. The van der Waals surface area contributed by atoms with Crippen molar-refractivity contribution in [1.82, 2.24) is 10.6 Å². The summed E-state index contributed by atoms with van der Waals surface area (Å²) >= 11 is 0. The van der Waals surface area contributed by atoms with Crippen LogP contribution in [0.25, 0.3) is 0 Å². The predicted molar refractivity (Wildman–Crippen MR) is 109 cm³/mol. The Morgan fingerprint density at radius 2 is 1.89 bits per heavy atom. The van der Waals surface area contributed by atoms with Gasteiger partial charge >= 0.3 is 0 Å². The largest absolute Gasteiger partial charge is 0.354 e. The molecule has 4 atom stereocenters. The summed E-state index contributed by atoms with van der Waals surface area (Å²) in [4.78, 5) is 24.7. The molecule has 1 aromatic rings. The van der Waals surface area contributed by atoms with Crippen LogP contribution in [0.4, 0.5) is 0 Å². The van der Waals surface area contributed by atoms with Crippen molar-refractivity contribution in [2.75, 3.05) is 13.1 Å². The number of hydrogen-bond donors (Lipinski definition) is 3. The Kier molecular flexibility index (Phi) is 8.29. The molecule has 1 aliphatic carbocycles. The number of carbonyl (C=O) groups is 2. The smallest absolute Gasteiger partial charge is 0.234 e. The van der Waals surface area contributed by atoms with Crippen LogP contribution in [-0.4, -0.2) is 30.9 Å².